The summed E-state index contributed by atoms with van der Waals surface area (Å²) in [6, 6.07) is 27.7. The van der Waals surface area contributed by atoms with Crippen LogP contribution in [-0.4, -0.2) is 42.2 Å². The van der Waals surface area contributed by atoms with Crippen LogP contribution in [0.5, 0.6) is 5.75 Å². The van der Waals surface area contributed by atoms with E-state index >= 15 is 0 Å². The fourth-order valence-corrected chi connectivity index (χ4v) is 6.15. The molecule has 242 valence electrons. The fraction of sp³-hybridized carbons (Fsp3) is 0.257. The Hall–Kier alpha value is -4.05. The molecule has 5 rings (SSSR count). The van der Waals surface area contributed by atoms with E-state index in [9.17, 15) is 4.79 Å². The molecule has 47 heavy (non-hydrogen) atoms. The molecule has 1 amide bonds. The molecule has 0 radical (unpaired) electrons. The molecule has 0 aromatic heterocycles. The SMILES string of the molecule is [N-]=[N+]=NCc1ccccc1C[C@@]1(C(=O)NCCc2ccc(Br)cc2)N=C(c2ccc(OCCCO)cc2)O[C@@H]1c1ccc(Cl)cc1Cl. The first-order chi connectivity index (χ1) is 22.8. The summed E-state index contributed by atoms with van der Waals surface area (Å²) in [6.07, 6.45) is 0.318. The second kappa shape index (κ2) is 16.2. The number of aliphatic imine (C=N–C) groups is 1. The van der Waals surface area contributed by atoms with Gasteiger partial charge in [-0.3, -0.25) is 4.79 Å². The lowest BCUT2D eigenvalue weighted by Gasteiger charge is -2.32. The number of halogens is 3. The van der Waals surface area contributed by atoms with E-state index in [1.54, 1.807) is 30.3 Å². The minimum absolute atomic E-state index is 0.0383. The van der Waals surface area contributed by atoms with E-state index in [1.165, 1.54) is 0 Å². The standard InChI is InChI=1S/C35H32BrCl2N5O4/c36-27-10-6-23(7-11-27)16-17-40-34(45)35(21-25-4-1-2-5-26(25)22-41-43-39)32(30-15-12-28(37)20-31(30)38)47-33(42-35)24-8-13-29(14-9-24)46-19-3-18-44/h1-2,4-15,20,32,44H,3,16-19,21-22H2,(H,40,45)/t32-,35-/m1/s1. The summed E-state index contributed by atoms with van der Waals surface area (Å²) in [7, 11) is 0. The number of nitrogens with one attached hydrogen (secondary N) is 1. The Morgan fingerprint density at radius 2 is 1.81 bits per heavy atom. The first-order valence-corrected chi connectivity index (χ1v) is 16.5. The third-order valence-electron chi connectivity index (χ3n) is 7.77. The normalized spacial score (nSPS) is 16.9. The van der Waals surface area contributed by atoms with Gasteiger partial charge in [0.2, 0.25) is 5.90 Å². The number of aliphatic hydroxyl groups excluding tert-OH is 1. The maximum atomic E-state index is 14.6. The number of ether oxygens (including phenoxy) is 2. The largest absolute Gasteiger partial charge is 0.494 e. The molecule has 2 atom stereocenters. The maximum Gasteiger partial charge on any atom is 0.252 e. The molecule has 9 nitrogen and oxygen atoms in total. The highest BCUT2D eigenvalue weighted by molar-refractivity contribution is 9.10. The van der Waals surface area contributed by atoms with Gasteiger partial charge in [-0.15, -0.1) is 0 Å². The van der Waals surface area contributed by atoms with Crippen molar-refractivity contribution in [1.82, 2.24) is 5.32 Å². The Bertz CT molecular complexity index is 1780. The van der Waals surface area contributed by atoms with Gasteiger partial charge in [0.1, 0.15) is 5.75 Å². The summed E-state index contributed by atoms with van der Waals surface area (Å²) in [5.41, 5.74) is 11.3. The van der Waals surface area contributed by atoms with E-state index in [-0.39, 0.29) is 31.4 Å². The van der Waals surface area contributed by atoms with Crippen molar-refractivity contribution in [2.24, 2.45) is 10.1 Å². The van der Waals surface area contributed by atoms with Crippen molar-refractivity contribution >= 4 is 50.9 Å². The fourth-order valence-electron chi connectivity index (χ4n) is 5.38. The summed E-state index contributed by atoms with van der Waals surface area (Å²) >= 11 is 16.5. The summed E-state index contributed by atoms with van der Waals surface area (Å²) in [4.78, 5) is 22.6. The van der Waals surface area contributed by atoms with Crippen molar-refractivity contribution in [3.8, 4) is 5.75 Å². The van der Waals surface area contributed by atoms with Gasteiger partial charge in [0.15, 0.2) is 11.6 Å². The Morgan fingerprint density at radius 3 is 2.51 bits per heavy atom. The van der Waals surface area contributed by atoms with Crippen LogP contribution >= 0.6 is 39.1 Å². The van der Waals surface area contributed by atoms with E-state index in [4.69, 9.17) is 48.3 Å². The maximum absolute atomic E-state index is 14.6. The zero-order valence-electron chi connectivity index (χ0n) is 25.3. The Balaban J connectivity index is 1.58. The third kappa shape index (κ3) is 8.46. The van der Waals surface area contributed by atoms with E-state index < -0.39 is 11.6 Å². The predicted octanol–water partition coefficient (Wildman–Crippen LogP) is 8.19. The second-order valence-electron chi connectivity index (χ2n) is 10.9. The lowest BCUT2D eigenvalue weighted by atomic mass is 9.80. The van der Waals surface area contributed by atoms with Crippen LogP contribution in [0.2, 0.25) is 10.0 Å². The molecule has 12 heteroatoms. The van der Waals surface area contributed by atoms with Crippen LogP contribution in [0.3, 0.4) is 0 Å². The number of carbonyl (C=O) groups is 1. The van der Waals surface area contributed by atoms with Gasteiger partial charge < -0.3 is 19.9 Å². The summed E-state index contributed by atoms with van der Waals surface area (Å²) < 4.78 is 13.3. The Morgan fingerprint density at radius 1 is 1.06 bits per heavy atom. The highest BCUT2D eigenvalue weighted by atomic mass is 79.9. The van der Waals surface area contributed by atoms with Gasteiger partial charge >= 0.3 is 0 Å². The van der Waals surface area contributed by atoms with Gasteiger partial charge in [-0.2, -0.15) is 0 Å². The molecule has 0 fully saturated rings. The van der Waals surface area contributed by atoms with Crippen LogP contribution in [0.4, 0.5) is 0 Å². The summed E-state index contributed by atoms with van der Waals surface area (Å²) in [5, 5.41) is 16.8. The lowest BCUT2D eigenvalue weighted by Crippen LogP contribution is -2.50. The molecular weight excluding hydrogens is 705 g/mol. The third-order valence-corrected chi connectivity index (χ3v) is 8.86. The molecule has 0 saturated heterocycles. The second-order valence-corrected chi connectivity index (χ2v) is 12.7. The number of amides is 1. The molecule has 0 saturated carbocycles. The molecule has 1 aliphatic heterocycles. The highest BCUT2D eigenvalue weighted by Gasteiger charge is 2.54. The molecule has 1 heterocycles. The lowest BCUT2D eigenvalue weighted by molar-refractivity contribution is -0.128. The van der Waals surface area contributed by atoms with Crippen molar-refractivity contribution in [3.63, 3.8) is 0 Å². The van der Waals surface area contributed by atoms with Gasteiger partial charge in [0, 0.05) is 56.5 Å². The summed E-state index contributed by atoms with van der Waals surface area (Å²) in [6.45, 7) is 0.879. The summed E-state index contributed by atoms with van der Waals surface area (Å²) in [5.74, 6) is 0.545. The zero-order valence-corrected chi connectivity index (χ0v) is 28.4. The first kappa shape index (κ1) is 34.3. The van der Waals surface area contributed by atoms with Crippen LogP contribution in [0.25, 0.3) is 10.4 Å². The van der Waals surface area contributed by atoms with Crippen LogP contribution < -0.4 is 10.1 Å². The van der Waals surface area contributed by atoms with E-state index in [1.807, 2.05) is 60.7 Å². The molecule has 4 aromatic rings. The number of carbonyl (C=O) groups excluding carboxylic acids is 1. The average molecular weight is 737 g/mol. The molecule has 0 unspecified atom stereocenters. The predicted molar refractivity (Wildman–Crippen MR) is 187 cm³/mol. The minimum atomic E-state index is -1.50. The van der Waals surface area contributed by atoms with Gasteiger partial charge in [0.05, 0.1) is 13.2 Å². The molecule has 2 N–H and O–H groups in total. The number of azide groups is 1. The smallest absolute Gasteiger partial charge is 0.252 e. The monoisotopic (exact) mass is 735 g/mol. The van der Waals surface area contributed by atoms with Crippen LogP contribution in [0.15, 0.2) is 106 Å². The van der Waals surface area contributed by atoms with E-state index in [2.05, 4.69) is 31.3 Å². The van der Waals surface area contributed by atoms with Crippen molar-refractivity contribution in [2.45, 2.75) is 37.5 Å². The average Bonchev–Trinajstić information content (AvgIpc) is 3.45. The van der Waals surface area contributed by atoms with Crippen molar-refractivity contribution < 1.29 is 19.4 Å². The topological polar surface area (TPSA) is 129 Å². The Kier molecular flexibility index (Phi) is 11.8. The zero-order chi connectivity index (χ0) is 33.2. The molecular formula is C35H32BrCl2N5O4. The number of aliphatic hydroxyl groups is 1. The molecule has 0 aliphatic carbocycles. The van der Waals surface area contributed by atoms with Gasteiger partial charge in [-0.1, -0.05) is 86.7 Å². The number of nitrogens with zero attached hydrogens (tertiary/aromatic N) is 4. The molecule has 4 aromatic carbocycles. The van der Waals surface area contributed by atoms with Crippen LogP contribution in [0, 0.1) is 0 Å². The van der Waals surface area contributed by atoms with Gasteiger partial charge in [0.25, 0.3) is 5.91 Å². The van der Waals surface area contributed by atoms with Crippen molar-refractivity contribution in [3.05, 3.63) is 144 Å². The van der Waals surface area contributed by atoms with E-state index in [0.717, 1.165) is 21.2 Å². The molecule has 1 aliphatic rings. The van der Waals surface area contributed by atoms with Crippen LogP contribution in [-0.2, 0) is 28.9 Å². The first-order valence-electron chi connectivity index (χ1n) is 15.0. The number of benzene rings is 4. The number of hydrogen-bond donors (Lipinski definition) is 2. The molecule has 0 bridgehead atoms. The van der Waals surface area contributed by atoms with Crippen LogP contribution in [0.1, 0.15) is 40.3 Å². The highest BCUT2D eigenvalue weighted by Crippen LogP contribution is 2.45. The quantitative estimate of drug-likeness (QED) is 0.0586. The van der Waals surface area contributed by atoms with E-state index in [0.29, 0.717) is 52.9 Å². The van der Waals surface area contributed by atoms with Gasteiger partial charge in [-0.05, 0) is 77.2 Å². The number of hydrogen-bond acceptors (Lipinski definition) is 6. The number of rotatable bonds is 14. The van der Waals surface area contributed by atoms with Gasteiger partial charge in [-0.25, -0.2) is 4.99 Å². The van der Waals surface area contributed by atoms with Crippen molar-refractivity contribution in [1.29, 1.82) is 0 Å². The Labute approximate surface area is 291 Å². The molecule has 0 spiro atoms. The minimum Gasteiger partial charge on any atom is -0.494 e. The van der Waals surface area contributed by atoms with Crippen molar-refractivity contribution in [2.75, 3.05) is 19.8 Å².